The Hall–Kier alpha value is -2.02. The van der Waals surface area contributed by atoms with Crippen LogP contribution in [0, 0.1) is 12.3 Å². The summed E-state index contributed by atoms with van der Waals surface area (Å²) in [5.74, 6) is 1.57. The molecule has 2 rings (SSSR count). The average molecular weight is 273 g/mol. The van der Waals surface area contributed by atoms with Gasteiger partial charge in [0.15, 0.2) is 0 Å². The van der Waals surface area contributed by atoms with Gasteiger partial charge in [-0.25, -0.2) is 9.18 Å². The Bertz CT molecular complexity index is 708. The number of terminal acetylenes is 1. The minimum Gasteiger partial charge on any atom is -0.394 e. The maximum absolute atomic E-state index is 14.7. The summed E-state index contributed by atoms with van der Waals surface area (Å²) >= 11 is 0. The molecule has 1 aliphatic heterocycles. The maximum atomic E-state index is 14.7. The van der Waals surface area contributed by atoms with Gasteiger partial charge in [-0.2, -0.15) is 9.78 Å². The van der Waals surface area contributed by atoms with Crippen molar-refractivity contribution in [2.45, 2.75) is 24.1 Å². The fourth-order valence-electron chi connectivity index (χ4n) is 1.70. The van der Waals surface area contributed by atoms with Crippen LogP contribution in [0.4, 0.5) is 4.39 Å². The largest absolute Gasteiger partial charge is 0.394 e. The van der Waals surface area contributed by atoms with Crippen LogP contribution in [0.25, 0.3) is 0 Å². The molecule has 1 aliphatic rings. The van der Waals surface area contributed by atoms with Gasteiger partial charge >= 0.3 is 5.69 Å². The molecule has 1 fully saturated rings. The number of hydrogen-bond acceptors (Lipinski definition) is 6. The first-order chi connectivity index (χ1) is 9.61. The van der Waals surface area contributed by atoms with Gasteiger partial charge < -0.3 is 14.9 Å². The molecule has 0 spiro atoms. The lowest BCUT2D eigenvalue weighted by molar-refractivity contribution is -0.0611. The fraction of sp³-hybridized carbons (Fsp3) is 0.500. The Morgan fingerprint density at radius 3 is 3.00 bits per heavy atom. The molecule has 0 aromatic carbocycles. The molecule has 0 saturated carbocycles. The zero-order chi connectivity index (χ0) is 16.0. The second kappa shape index (κ2) is 4.58. The quantitative estimate of drug-likeness (QED) is 0.514. The van der Waals surface area contributed by atoms with Crippen molar-refractivity contribution in [1.82, 2.24) is 14.8 Å². The first-order valence-corrected chi connectivity index (χ1v) is 5.02. The number of hydrogen-bond donors (Lipinski definition) is 3. The standard InChI is InChI=1S/C10H10FN3O5/c1-2-10(11)7(17)5(4-15)19-8(10)14-9(18)13-6(16)3-12-14/h1,3,5,7-8,15,17H,4H2,(H,13,16,18)/t5-,7?,8-,10-/m1/s1/i4D2. The Morgan fingerprint density at radius 1 is 1.79 bits per heavy atom. The van der Waals surface area contributed by atoms with Gasteiger partial charge in [-0.15, -0.1) is 6.42 Å². The summed E-state index contributed by atoms with van der Waals surface area (Å²) in [7, 11) is 0. The molecule has 19 heavy (non-hydrogen) atoms. The molecule has 1 unspecified atom stereocenters. The van der Waals surface area contributed by atoms with Crippen LogP contribution in [0.5, 0.6) is 0 Å². The summed E-state index contributed by atoms with van der Waals surface area (Å²) in [6, 6.07) is 0. The molecule has 102 valence electrons. The summed E-state index contributed by atoms with van der Waals surface area (Å²) in [6.07, 6.45) is -0.692. The number of alkyl halides is 1. The Morgan fingerprint density at radius 2 is 2.47 bits per heavy atom. The third-order valence-corrected chi connectivity index (χ3v) is 2.66. The molecule has 0 amide bonds. The van der Waals surface area contributed by atoms with E-state index in [4.69, 9.17) is 13.9 Å². The SMILES string of the molecule is [2H]C([2H])(O)[C@H]1O[C@@H](n2ncc(=O)[nH]c2=O)[C@@](F)(C#C)C1O. The Kier molecular flexibility index (Phi) is 2.62. The second-order valence-corrected chi connectivity index (χ2v) is 3.78. The van der Waals surface area contributed by atoms with Gasteiger partial charge in [0.25, 0.3) is 5.56 Å². The van der Waals surface area contributed by atoms with E-state index in [0.29, 0.717) is 10.9 Å². The summed E-state index contributed by atoms with van der Waals surface area (Å²) < 4.78 is 34.0. The normalized spacial score (nSPS) is 36.4. The van der Waals surface area contributed by atoms with Crippen molar-refractivity contribution >= 4 is 0 Å². The molecule has 8 nitrogen and oxygen atoms in total. The zero-order valence-electron chi connectivity index (χ0n) is 11.3. The van der Waals surface area contributed by atoms with Gasteiger partial charge in [0.05, 0.1) is 9.30 Å². The van der Waals surface area contributed by atoms with Crippen molar-refractivity contribution in [2.24, 2.45) is 0 Å². The smallest absolute Gasteiger partial charge is 0.347 e. The fourth-order valence-corrected chi connectivity index (χ4v) is 1.70. The van der Waals surface area contributed by atoms with Crippen molar-refractivity contribution < 1.29 is 22.1 Å². The third kappa shape index (κ3) is 1.95. The second-order valence-electron chi connectivity index (χ2n) is 3.78. The van der Waals surface area contributed by atoms with Crippen LogP contribution in [0.1, 0.15) is 8.97 Å². The molecular weight excluding hydrogens is 261 g/mol. The van der Waals surface area contributed by atoms with Crippen LogP contribution in [0.15, 0.2) is 15.8 Å². The summed E-state index contributed by atoms with van der Waals surface area (Å²) in [4.78, 5) is 24.3. The highest BCUT2D eigenvalue weighted by molar-refractivity contribution is 5.19. The molecule has 0 radical (unpaired) electrons. The molecule has 3 N–H and O–H groups in total. The predicted octanol–water partition coefficient (Wildman–Crippen LogP) is -2.48. The average Bonchev–Trinajstić information content (AvgIpc) is 2.63. The number of aliphatic hydroxyl groups is 2. The van der Waals surface area contributed by atoms with Crippen molar-refractivity contribution in [3.8, 4) is 12.3 Å². The van der Waals surface area contributed by atoms with Crippen LogP contribution in [-0.4, -0.2) is 49.4 Å². The van der Waals surface area contributed by atoms with Crippen molar-refractivity contribution in [3.63, 3.8) is 0 Å². The van der Waals surface area contributed by atoms with E-state index >= 15 is 0 Å². The van der Waals surface area contributed by atoms with Crippen LogP contribution in [0.2, 0.25) is 0 Å². The maximum Gasteiger partial charge on any atom is 0.347 e. The van der Waals surface area contributed by atoms with Gasteiger partial charge in [0, 0.05) is 0 Å². The number of nitrogens with zero attached hydrogens (tertiary/aromatic N) is 2. The molecule has 9 heteroatoms. The number of aromatic nitrogens is 3. The first-order valence-electron chi connectivity index (χ1n) is 6.02. The number of halogens is 1. The monoisotopic (exact) mass is 273 g/mol. The molecule has 1 saturated heterocycles. The summed E-state index contributed by atoms with van der Waals surface area (Å²) in [5.41, 5.74) is -5.05. The number of H-pyrrole nitrogens is 1. The summed E-state index contributed by atoms with van der Waals surface area (Å²) in [5, 5.41) is 22.3. The van der Waals surface area contributed by atoms with Crippen molar-refractivity contribution in [3.05, 3.63) is 27.0 Å². The van der Waals surface area contributed by atoms with Crippen LogP contribution < -0.4 is 11.2 Å². The molecule has 1 aromatic rings. The number of aliphatic hydroxyl groups excluding tert-OH is 1. The summed E-state index contributed by atoms with van der Waals surface area (Å²) in [6.45, 7) is -3.12. The predicted molar refractivity (Wildman–Crippen MR) is 58.8 cm³/mol. The third-order valence-electron chi connectivity index (χ3n) is 2.66. The minimum absolute atomic E-state index is 0.316. The number of ether oxygens (including phenoxy) is 1. The highest BCUT2D eigenvalue weighted by atomic mass is 19.1. The highest BCUT2D eigenvalue weighted by Crippen LogP contribution is 2.39. The van der Waals surface area contributed by atoms with E-state index < -0.39 is 41.9 Å². The lowest BCUT2D eigenvalue weighted by Crippen LogP contribution is -2.45. The molecule has 4 atom stereocenters. The van der Waals surface area contributed by atoms with Crippen molar-refractivity contribution in [1.29, 1.82) is 0 Å². The number of nitrogens with one attached hydrogen (secondary N) is 1. The van der Waals surface area contributed by atoms with Crippen LogP contribution in [0.3, 0.4) is 0 Å². The minimum atomic E-state index is -3.12. The van der Waals surface area contributed by atoms with E-state index in [0.717, 1.165) is 0 Å². The first kappa shape index (κ1) is 10.9. The van der Waals surface area contributed by atoms with Gasteiger partial charge in [0.2, 0.25) is 11.9 Å². The van der Waals surface area contributed by atoms with E-state index in [1.807, 2.05) is 0 Å². The Balaban J connectivity index is 2.55. The molecule has 0 aliphatic carbocycles. The van der Waals surface area contributed by atoms with E-state index in [9.17, 15) is 24.2 Å². The lowest BCUT2D eigenvalue weighted by Gasteiger charge is -2.22. The van der Waals surface area contributed by atoms with Gasteiger partial charge in [-0.3, -0.25) is 9.78 Å². The van der Waals surface area contributed by atoms with Gasteiger partial charge in [-0.05, 0) is 0 Å². The van der Waals surface area contributed by atoms with Crippen LogP contribution >= 0.6 is 0 Å². The van der Waals surface area contributed by atoms with Crippen LogP contribution in [-0.2, 0) is 4.74 Å². The molecular formula is C10H10FN3O5. The van der Waals surface area contributed by atoms with E-state index in [-0.39, 0.29) is 0 Å². The topological polar surface area (TPSA) is 117 Å². The number of aromatic amines is 1. The lowest BCUT2D eigenvalue weighted by atomic mass is 9.97. The Labute approximate surface area is 108 Å². The molecule has 1 aromatic heterocycles. The molecule has 2 heterocycles. The van der Waals surface area contributed by atoms with E-state index in [2.05, 4.69) is 5.10 Å². The van der Waals surface area contributed by atoms with Gasteiger partial charge in [0.1, 0.15) is 18.4 Å². The van der Waals surface area contributed by atoms with E-state index in [1.165, 1.54) is 0 Å². The van der Waals surface area contributed by atoms with E-state index in [1.54, 1.807) is 10.9 Å². The van der Waals surface area contributed by atoms with Crippen molar-refractivity contribution in [2.75, 3.05) is 6.56 Å². The highest BCUT2D eigenvalue weighted by Gasteiger charge is 2.58. The molecule has 0 bridgehead atoms. The zero-order valence-corrected chi connectivity index (χ0v) is 9.28. The number of rotatable bonds is 2. The van der Waals surface area contributed by atoms with Gasteiger partial charge in [-0.1, -0.05) is 5.92 Å².